The van der Waals surface area contributed by atoms with Crippen LogP contribution in [0, 0.1) is 5.92 Å². The van der Waals surface area contributed by atoms with Crippen LogP contribution in [-0.4, -0.2) is 58.4 Å². The average molecular weight is 553 g/mol. The second kappa shape index (κ2) is 14.2. The molecule has 0 aromatic heterocycles. The third-order valence-corrected chi connectivity index (χ3v) is 5.64. The van der Waals surface area contributed by atoms with Gasteiger partial charge in [-0.2, -0.15) is 0 Å². The molecule has 0 bridgehead atoms. The van der Waals surface area contributed by atoms with Gasteiger partial charge < -0.3 is 24.4 Å². The highest BCUT2D eigenvalue weighted by atomic mass is 127. The van der Waals surface area contributed by atoms with Gasteiger partial charge in [0.05, 0.1) is 27.4 Å². The zero-order valence-corrected chi connectivity index (χ0v) is 21.7. The van der Waals surface area contributed by atoms with Crippen molar-refractivity contribution in [1.82, 2.24) is 10.2 Å². The minimum absolute atomic E-state index is 0. The first-order valence-electron chi connectivity index (χ1n) is 11.0. The van der Waals surface area contributed by atoms with Crippen LogP contribution in [0.3, 0.4) is 0 Å². The molecule has 1 aliphatic rings. The highest BCUT2D eigenvalue weighted by molar-refractivity contribution is 14.0. The Morgan fingerprint density at radius 2 is 1.84 bits per heavy atom. The summed E-state index contributed by atoms with van der Waals surface area (Å²) in [6.07, 6.45) is 3.13. The number of likely N-dealkylation sites (tertiary alicyclic amines) is 1. The SMILES string of the molecule is CN=C(NCCCc1ccc(OC)c(OC)c1)N1CCC(COCc2ccccc2)C1.I. The van der Waals surface area contributed by atoms with Gasteiger partial charge in [0.25, 0.3) is 0 Å². The molecule has 2 aromatic carbocycles. The largest absolute Gasteiger partial charge is 0.493 e. The molecule has 0 spiro atoms. The topological polar surface area (TPSA) is 55.3 Å². The summed E-state index contributed by atoms with van der Waals surface area (Å²) in [5.74, 6) is 3.08. The average Bonchev–Trinajstić information content (AvgIpc) is 3.28. The fourth-order valence-electron chi connectivity index (χ4n) is 3.94. The molecule has 0 radical (unpaired) electrons. The van der Waals surface area contributed by atoms with Gasteiger partial charge in [-0.15, -0.1) is 24.0 Å². The zero-order valence-electron chi connectivity index (χ0n) is 19.4. The number of aryl methyl sites for hydroxylation is 1. The van der Waals surface area contributed by atoms with Crippen LogP contribution in [-0.2, 0) is 17.8 Å². The summed E-state index contributed by atoms with van der Waals surface area (Å²) in [6.45, 7) is 4.37. The molecule has 0 saturated carbocycles. The van der Waals surface area contributed by atoms with E-state index < -0.39 is 0 Å². The molecule has 32 heavy (non-hydrogen) atoms. The first-order chi connectivity index (χ1) is 15.2. The van der Waals surface area contributed by atoms with Crippen molar-refractivity contribution < 1.29 is 14.2 Å². The standard InChI is InChI=1S/C25H35N3O3.HI/c1-26-25(27-14-7-10-20-11-12-23(29-2)24(16-20)30-3)28-15-13-22(17-28)19-31-18-21-8-5-4-6-9-21;/h4-6,8-9,11-12,16,22H,7,10,13-15,17-19H2,1-3H3,(H,26,27);1H. The van der Waals surface area contributed by atoms with Gasteiger partial charge in [-0.3, -0.25) is 4.99 Å². The summed E-state index contributed by atoms with van der Waals surface area (Å²) in [7, 11) is 5.19. The van der Waals surface area contributed by atoms with E-state index in [1.54, 1.807) is 14.2 Å². The summed E-state index contributed by atoms with van der Waals surface area (Å²) in [6, 6.07) is 16.5. The van der Waals surface area contributed by atoms with Crippen LogP contribution in [0.4, 0.5) is 0 Å². The second-order valence-corrected chi connectivity index (χ2v) is 7.87. The Morgan fingerprint density at radius 3 is 2.56 bits per heavy atom. The number of hydrogen-bond donors (Lipinski definition) is 1. The van der Waals surface area contributed by atoms with Gasteiger partial charge in [0.2, 0.25) is 0 Å². The van der Waals surface area contributed by atoms with Gasteiger partial charge in [-0.05, 0) is 42.5 Å². The van der Waals surface area contributed by atoms with Gasteiger partial charge in [0.15, 0.2) is 17.5 Å². The molecule has 0 amide bonds. The van der Waals surface area contributed by atoms with Crippen molar-refractivity contribution in [3.63, 3.8) is 0 Å². The van der Waals surface area contributed by atoms with Crippen LogP contribution in [0.15, 0.2) is 53.5 Å². The minimum Gasteiger partial charge on any atom is -0.493 e. The fourth-order valence-corrected chi connectivity index (χ4v) is 3.94. The first kappa shape index (κ1) is 26.3. The van der Waals surface area contributed by atoms with E-state index in [9.17, 15) is 0 Å². The van der Waals surface area contributed by atoms with E-state index in [1.165, 1.54) is 11.1 Å². The van der Waals surface area contributed by atoms with Crippen molar-refractivity contribution in [2.75, 3.05) is 47.5 Å². The molecule has 7 heteroatoms. The summed E-state index contributed by atoms with van der Waals surface area (Å²) in [5, 5.41) is 3.51. The van der Waals surface area contributed by atoms with E-state index >= 15 is 0 Å². The van der Waals surface area contributed by atoms with Crippen LogP contribution in [0.2, 0.25) is 0 Å². The number of aliphatic imine (C=N–C) groups is 1. The Hall–Kier alpha value is -2.00. The molecular weight excluding hydrogens is 517 g/mol. The number of hydrogen-bond acceptors (Lipinski definition) is 4. The maximum Gasteiger partial charge on any atom is 0.193 e. The number of nitrogens with zero attached hydrogens (tertiary/aromatic N) is 2. The molecular formula is C25H36IN3O3. The lowest BCUT2D eigenvalue weighted by Crippen LogP contribution is -2.40. The van der Waals surface area contributed by atoms with Crippen LogP contribution >= 0.6 is 24.0 Å². The molecule has 0 aliphatic carbocycles. The molecule has 1 atom stereocenters. The third kappa shape index (κ3) is 7.85. The number of methoxy groups -OCH3 is 2. The summed E-state index contributed by atoms with van der Waals surface area (Å²) in [5.41, 5.74) is 2.47. The molecule has 1 aliphatic heterocycles. The van der Waals surface area contributed by atoms with Gasteiger partial charge in [0, 0.05) is 32.6 Å². The second-order valence-electron chi connectivity index (χ2n) is 7.87. The summed E-state index contributed by atoms with van der Waals surface area (Å²) >= 11 is 0. The maximum atomic E-state index is 5.94. The molecule has 1 unspecified atom stereocenters. The van der Waals surface area contributed by atoms with Crippen molar-refractivity contribution in [1.29, 1.82) is 0 Å². The van der Waals surface area contributed by atoms with E-state index in [2.05, 4.69) is 45.5 Å². The van der Waals surface area contributed by atoms with Crippen molar-refractivity contribution in [2.45, 2.75) is 25.9 Å². The Kier molecular flexibility index (Phi) is 11.7. The molecule has 1 N–H and O–H groups in total. The molecule has 1 saturated heterocycles. The maximum absolute atomic E-state index is 5.94. The third-order valence-electron chi connectivity index (χ3n) is 5.64. The molecule has 6 nitrogen and oxygen atoms in total. The number of ether oxygens (including phenoxy) is 3. The van der Waals surface area contributed by atoms with E-state index in [0.717, 1.165) is 63.0 Å². The Bertz CT molecular complexity index is 832. The number of guanidine groups is 1. The van der Waals surface area contributed by atoms with Gasteiger partial charge in [0.1, 0.15) is 0 Å². The summed E-state index contributed by atoms with van der Waals surface area (Å²) in [4.78, 5) is 6.82. The first-order valence-corrected chi connectivity index (χ1v) is 11.0. The van der Waals surface area contributed by atoms with E-state index in [1.807, 2.05) is 25.2 Å². The van der Waals surface area contributed by atoms with Gasteiger partial charge in [-0.25, -0.2) is 0 Å². The zero-order chi connectivity index (χ0) is 21.9. The number of nitrogens with one attached hydrogen (secondary N) is 1. The normalized spacial score (nSPS) is 15.9. The quantitative estimate of drug-likeness (QED) is 0.205. The minimum atomic E-state index is 0. The monoisotopic (exact) mass is 553 g/mol. The molecule has 1 heterocycles. The Balaban J connectivity index is 0.00000363. The van der Waals surface area contributed by atoms with E-state index in [-0.39, 0.29) is 24.0 Å². The smallest absolute Gasteiger partial charge is 0.193 e. The van der Waals surface area contributed by atoms with Gasteiger partial charge in [-0.1, -0.05) is 36.4 Å². The molecule has 1 fully saturated rings. The van der Waals surface area contributed by atoms with Crippen LogP contribution in [0.1, 0.15) is 24.0 Å². The number of rotatable bonds is 10. The predicted octanol–water partition coefficient (Wildman–Crippen LogP) is 4.37. The number of halogens is 1. The van der Waals surface area contributed by atoms with Crippen molar-refractivity contribution in [3.8, 4) is 11.5 Å². The molecule has 3 rings (SSSR count). The lowest BCUT2D eigenvalue weighted by atomic mass is 10.1. The Morgan fingerprint density at radius 1 is 1.06 bits per heavy atom. The van der Waals surface area contributed by atoms with Crippen LogP contribution in [0.25, 0.3) is 0 Å². The van der Waals surface area contributed by atoms with E-state index in [4.69, 9.17) is 14.2 Å². The van der Waals surface area contributed by atoms with E-state index in [0.29, 0.717) is 12.5 Å². The van der Waals surface area contributed by atoms with Crippen LogP contribution < -0.4 is 14.8 Å². The van der Waals surface area contributed by atoms with Crippen LogP contribution in [0.5, 0.6) is 11.5 Å². The summed E-state index contributed by atoms with van der Waals surface area (Å²) < 4.78 is 16.6. The highest BCUT2D eigenvalue weighted by Gasteiger charge is 2.24. The fraction of sp³-hybridized carbons (Fsp3) is 0.480. The highest BCUT2D eigenvalue weighted by Crippen LogP contribution is 2.27. The van der Waals surface area contributed by atoms with Gasteiger partial charge >= 0.3 is 0 Å². The van der Waals surface area contributed by atoms with Crippen molar-refractivity contribution in [2.24, 2.45) is 10.9 Å². The lowest BCUT2D eigenvalue weighted by molar-refractivity contribution is 0.0907. The molecule has 2 aromatic rings. The number of benzene rings is 2. The molecule has 176 valence electrons. The lowest BCUT2D eigenvalue weighted by Gasteiger charge is -2.22. The van der Waals surface area contributed by atoms with Crippen molar-refractivity contribution >= 4 is 29.9 Å². The van der Waals surface area contributed by atoms with Crippen molar-refractivity contribution in [3.05, 3.63) is 59.7 Å². The Labute approximate surface area is 209 Å². The predicted molar refractivity (Wildman–Crippen MR) is 140 cm³/mol.